The Morgan fingerprint density at radius 2 is 2.00 bits per heavy atom. The predicted octanol–water partition coefficient (Wildman–Crippen LogP) is 5.69. The summed E-state index contributed by atoms with van der Waals surface area (Å²) < 4.78 is 15.1. The van der Waals surface area contributed by atoms with Gasteiger partial charge in [-0.1, -0.05) is 28.1 Å². The number of benzene rings is 2. The van der Waals surface area contributed by atoms with E-state index in [-0.39, 0.29) is 17.5 Å². The predicted molar refractivity (Wildman–Crippen MR) is 118 cm³/mol. The van der Waals surface area contributed by atoms with Gasteiger partial charge in [-0.25, -0.2) is 9.37 Å². The van der Waals surface area contributed by atoms with E-state index in [9.17, 15) is 14.0 Å². The van der Waals surface area contributed by atoms with E-state index in [2.05, 4.69) is 26.2 Å². The van der Waals surface area contributed by atoms with Gasteiger partial charge in [0.1, 0.15) is 5.82 Å². The summed E-state index contributed by atoms with van der Waals surface area (Å²) in [5.74, 6) is -1.18. The minimum absolute atomic E-state index is 0.133. The number of aryl methyl sites for hydroxylation is 1. The third kappa shape index (κ3) is 5.16. The zero-order valence-electron chi connectivity index (χ0n) is 15.6. The van der Waals surface area contributed by atoms with Gasteiger partial charge in [0, 0.05) is 28.5 Å². The molecule has 148 valence electrons. The summed E-state index contributed by atoms with van der Waals surface area (Å²) in [6.45, 7) is 3.24. The SMILES string of the molecule is CC(=O)N(c1nc(/C=C/C(=O)Nc2ccc(Br)cc2C)cs1)c1ccccc1F. The van der Waals surface area contributed by atoms with Crippen molar-refractivity contribution in [1.29, 1.82) is 0 Å². The summed E-state index contributed by atoms with van der Waals surface area (Å²) in [4.78, 5) is 29.8. The fourth-order valence-electron chi connectivity index (χ4n) is 2.60. The maximum Gasteiger partial charge on any atom is 0.248 e. The summed E-state index contributed by atoms with van der Waals surface area (Å²) in [5, 5.41) is 4.82. The summed E-state index contributed by atoms with van der Waals surface area (Å²) in [6, 6.07) is 11.6. The van der Waals surface area contributed by atoms with Crippen molar-refractivity contribution in [2.75, 3.05) is 10.2 Å². The molecule has 5 nitrogen and oxygen atoms in total. The molecule has 1 N–H and O–H groups in total. The minimum atomic E-state index is -0.515. The van der Waals surface area contributed by atoms with E-state index in [0.29, 0.717) is 16.5 Å². The van der Waals surface area contributed by atoms with Crippen LogP contribution in [0, 0.1) is 12.7 Å². The van der Waals surface area contributed by atoms with Crippen molar-refractivity contribution in [3.8, 4) is 0 Å². The van der Waals surface area contributed by atoms with E-state index < -0.39 is 5.82 Å². The number of nitrogens with one attached hydrogen (secondary N) is 1. The van der Waals surface area contributed by atoms with Gasteiger partial charge in [-0.3, -0.25) is 14.5 Å². The largest absolute Gasteiger partial charge is 0.322 e. The van der Waals surface area contributed by atoms with Crippen LogP contribution in [-0.4, -0.2) is 16.8 Å². The van der Waals surface area contributed by atoms with E-state index in [1.54, 1.807) is 23.6 Å². The molecule has 3 rings (SSSR count). The number of amides is 2. The normalized spacial score (nSPS) is 10.9. The number of rotatable bonds is 5. The highest BCUT2D eigenvalue weighted by molar-refractivity contribution is 9.10. The van der Waals surface area contributed by atoms with Crippen molar-refractivity contribution in [3.05, 3.63) is 75.5 Å². The van der Waals surface area contributed by atoms with Crippen LogP contribution >= 0.6 is 27.3 Å². The Morgan fingerprint density at radius 3 is 2.69 bits per heavy atom. The van der Waals surface area contributed by atoms with E-state index in [1.165, 1.54) is 41.4 Å². The average Bonchev–Trinajstić information content (AvgIpc) is 3.12. The lowest BCUT2D eigenvalue weighted by Gasteiger charge is -2.18. The quantitative estimate of drug-likeness (QED) is 0.484. The Hall–Kier alpha value is -2.84. The minimum Gasteiger partial charge on any atom is -0.322 e. The first-order chi connectivity index (χ1) is 13.8. The zero-order valence-corrected chi connectivity index (χ0v) is 18.1. The van der Waals surface area contributed by atoms with Crippen molar-refractivity contribution in [2.45, 2.75) is 13.8 Å². The van der Waals surface area contributed by atoms with Gasteiger partial charge in [-0.05, 0) is 48.9 Å². The lowest BCUT2D eigenvalue weighted by molar-refractivity contribution is -0.116. The standard InChI is InChI=1S/C21H17BrFN3O2S/c1-13-11-15(22)7-9-18(13)25-20(28)10-8-16-12-29-21(24-16)26(14(2)27)19-6-4-3-5-17(19)23/h3-12H,1-2H3,(H,25,28)/b10-8+. The summed E-state index contributed by atoms with van der Waals surface area (Å²) >= 11 is 4.57. The number of halogens is 2. The van der Waals surface area contributed by atoms with Crippen LogP contribution in [0.15, 0.2) is 58.4 Å². The first-order valence-electron chi connectivity index (χ1n) is 8.61. The van der Waals surface area contributed by atoms with E-state index in [4.69, 9.17) is 0 Å². The Kier molecular flexibility index (Phi) is 6.56. The first-order valence-corrected chi connectivity index (χ1v) is 10.3. The zero-order chi connectivity index (χ0) is 21.0. The van der Waals surface area contributed by atoms with Crippen molar-refractivity contribution >= 4 is 61.7 Å². The Bertz CT molecular complexity index is 1100. The van der Waals surface area contributed by atoms with Gasteiger partial charge in [0.15, 0.2) is 5.13 Å². The van der Waals surface area contributed by atoms with E-state index in [0.717, 1.165) is 10.0 Å². The number of para-hydroxylation sites is 1. The maximum absolute atomic E-state index is 14.1. The number of carbonyl (C=O) groups is 2. The van der Waals surface area contributed by atoms with Crippen LogP contribution in [0.4, 0.5) is 20.9 Å². The van der Waals surface area contributed by atoms with Crippen molar-refractivity contribution in [2.24, 2.45) is 0 Å². The van der Waals surface area contributed by atoms with E-state index >= 15 is 0 Å². The van der Waals surface area contributed by atoms with Crippen LogP contribution in [0.2, 0.25) is 0 Å². The fourth-order valence-corrected chi connectivity index (χ4v) is 3.92. The van der Waals surface area contributed by atoms with Gasteiger partial charge >= 0.3 is 0 Å². The highest BCUT2D eigenvalue weighted by Gasteiger charge is 2.20. The maximum atomic E-state index is 14.1. The summed E-state index contributed by atoms with van der Waals surface area (Å²) in [7, 11) is 0. The average molecular weight is 474 g/mol. The van der Waals surface area contributed by atoms with Gasteiger partial charge in [-0.15, -0.1) is 11.3 Å². The molecule has 1 heterocycles. The smallest absolute Gasteiger partial charge is 0.248 e. The van der Waals surface area contributed by atoms with Crippen LogP contribution in [0.5, 0.6) is 0 Å². The number of hydrogen-bond donors (Lipinski definition) is 1. The summed E-state index contributed by atoms with van der Waals surface area (Å²) in [6.07, 6.45) is 2.91. The molecule has 0 atom stereocenters. The molecule has 8 heteroatoms. The Morgan fingerprint density at radius 1 is 1.24 bits per heavy atom. The van der Waals surface area contributed by atoms with Gasteiger partial charge in [0.25, 0.3) is 0 Å². The van der Waals surface area contributed by atoms with Crippen molar-refractivity contribution in [1.82, 2.24) is 4.98 Å². The molecule has 0 spiro atoms. The Labute approximate surface area is 180 Å². The Balaban J connectivity index is 1.76. The molecule has 0 aliphatic heterocycles. The van der Waals surface area contributed by atoms with Gasteiger partial charge in [-0.2, -0.15) is 0 Å². The number of anilines is 3. The molecule has 0 bridgehead atoms. The molecule has 0 radical (unpaired) electrons. The third-order valence-electron chi connectivity index (χ3n) is 3.96. The lowest BCUT2D eigenvalue weighted by atomic mass is 10.2. The molecule has 0 aliphatic carbocycles. The second-order valence-corrected chi connectivity index (χ2v) is 7.89. The van der Waals surface area contributed by atoms with Crippen LogP contribution in [0.3, 0.4) is 0 Å². The molecule has 3 aromatic rings. The van der Waals surface area contributed by atoms with E-state index in [1.807, 2.05) is 25.1 Å². The van der Waals surface area contributed by atoms with Crippen LogP contribution in [-0.2, 0) is 9.59 Å². The van der Waals surface area contributed by atoms with Crippen LogP contribution in [0.25, 0.3) is 6.08 Å². The molecule has 0 aliphatic rings. The molecule has 0 saturated carbocycles. The molecule has 29 heavy (non-hydrogen) atoms. The summed E-state index contributed by atoms with van der Waals surface area (Å²) in [5.41, 5.74) is 2.27. The molecule has 0 fully saturated rings. The number of hydrogen-bond acceptors (Lipinski definition) is 4. The van der Waals surface area contributed by atoms with Gasteiger partial charge in [0.05, 0.1) is 11.4 Å². The van der Waals surface area contributed by atoms with Crippen LogP contribution < -0.4 is 10.2 Å². The molecule has 0 saturated heterocycles. The van der Waals surface area contributed by atoms with Gasteiger partial charge < -0.3 is 5.32 Å². The van der Waals surface area contributed by atoms with Crippen molar-refractivity contribution in [3.63, 3.8) is 0 Å². The van der Waals surface area contributed by atoms with Crippen molar-refractivity contribution < 1.29 is 14.0 Å². The number of thiazole rings is 1. The second-order valence-electron chi connectivity index (χ2n) is 6.14. The lowest BCUT2D eigenvalue weighted by Crippen LogP contribution is -2.23. The van der Waals surface area contributed by atoms with Crippen LogP contribution in [0.1, 0.15) is 18.2 Å². The molecule has 0 unspecified atom stereocenters. The molecular weight excluding hydrogens is 457 g/mol. The third-order valence-corrected chi connectivity index (χ3v) is 5.30. The molecule has 2 aromatic carbocycles. The topological polar surface area (TPSA) is 62.3 Å². The fraction of sp³-hybridized carbons (Fsp3) is 0.0952. The van der Waals surface area contributed by atoms with Gasteiger partial charge in [0.2, 0.25) is 11.8 Å². The highest BCUT2D eigenvalue weighted by Crippen LogP contribution is 2.31. The molecule has 1 aromatic heterocycles. The number of aromatic nitrogens is 1. The monoisotopic (exact) mass is 473 g/mol. The number of carbonyl (C=O) groups excluding carboxylic acids is 2. The first kappa shape index (κ1) is 20.9. The number of nitrogens with zero attached hydrogens (tertiary/aromatic N) is 2. The molecule has 2 amide bonds. The highest BCUT2D eigenvalue weighted by atomic mass is 79.9. The molecular formula is C21H17BrFN3O2S. The second kappa shape index (κ2) is 9.11.